The number of hydrogen-bond acceptors (Lipinski definition) is 5. The third kappa shape index (κ3) is 3.90. The highest BCUT2D eigenvalue weighted by molar-refractivity contribution is 6.42. The summed E-state index contributed by atoms with van der Waals surface area (Å²) in [5, 5.41) is 0.613. The van der Waals surface area contributed by atoms with Crippen LogP contribution in [0, 0.1) is 0 Å². The van der Waals surface area contributed by atoms with E-state index in [4.69, 9.17) is 23.2 Å². The molecule has 2 aromatic rings. The van der Waals surface area contributed by atoms with Gasteiger partial charge in [-0.2, -0.15) is 4.98 Å². The Morgan fingerprint density at radius 1 is 1.03 bits per heavy atom. The van der Waals surface area contributed by atoms with E-state index in [1.54, 1.807) is 48.9 Å². The number of hydrogen-bond donors (Lipinski definition) is 0. The normalized spacial score (nSPS) is 11.0. The molecule has 0 amide bonds. The lowest BCUT2D eigenvalue weighted by molar-refractivity contribution is 0.0972. The van der Waals surface area contributed by atoms with Crippen molar-refractivity contribution in [3.63, 3.8) is 0 Å². The van der Waals surface area contributed by atoms with E-state index < -0.39 is 11.2 Å². The van der Waals surface area contributed by atoms with Gasteiger partial charge < -0.3 is 4.57 Å². The molecule has 2 aliphatic rings. The first-order chi connectivity index (χ1) is 14.4. The van der Waals surface area contributed by atoms with Gasteiger partial charge >= 0.3 is 5.69 Å². The van der Waals surface area contributed by atoms with Crippen LogP contribution in [0.3, 0.4) is 0 Å². The second-order valence-corrected chi connectivity index (χ2v) is 7.39. The van der Waals surface area contributed by atoms with Crippen molar-refractivity contribution < 1.29 is 4.79 Å². The summed E-state index contributed by atoms with van der Waals surface area (Å²) in [7, 11) is 0. The Balaban J connectivity index is 1.72. The van der Waals surface area contributed by atoms with Gasteiger partial charge in [-0.25, -0.2) is 4.79 Å². The highest BCUT2D eigenvalue weighted by atomic mass is 35.5. The summed E-state index contributed by atoms with van der Waals surface area (Å²) < 4.78 is 2.52. The second kappa shape index (κ2) is 8.22. The van der Waals surface area contributed by atoms with Gasteiger partial charge in [-0.05, 0) is 42.0 Å². The van der Waals surface area contributed by atoms with Crippen molar-refractivity contribution in [3.8, 4) is 11.4 Å². The van der Waals surface area contributed by atoms with Gasteiger partial charge in [0.2, 0.25) is 0 Å². The summed E-state index contributed by atoms with van der Waals surface area (Å²) in [6.45, 7) is -0.0562. The third-order valence-electron chi connectivity index (χ3n) is 4.57. The SMILES string of the molecule is O=C(Cn1cccc2c(=O)n(Cc3cccnc3)c(=O)nc1-2)c1ccc(Cl)c(Cl)c1. The van der Waals surface area contributed by atoms with Gasteiger partial charge in [0, 0.05) is 24.2 Å². The fourth-order valence-electron chi connectivity index (χ4n) is 3.07. The van der Waals surface area contributed by atoms with Crippen molar-refractivity contribution in [1.29, 1.82) is 0 Å². The van der Waals surface area contributed by atoms with Gasteiger partial charge in [-0.3, -0.25) is 19.1 Å². The number of halogens is 2. The molecule has 7 nitrogen and oxygen atoms in total. The molecular formula is C21H14Cl2N4O3. The predicted octanol–water partition coefficient (Wildman–Crippen LogP) is 3.14. The summed E-state index contributed by atoms with van der Waals surface area (Å²) in [4.78, 5) is 46.2. The molecule has 0 saturated carbocycles. The Bertz CT molecular complexity index is 1330. The minimum absolute atomic E-state index is 0.0611. The van der Waals surface area contributed by atoms with Gasteiger partial charge in [-0.15, -0.1) is 0 Å². The van der Waals surface area contributed by atoms with E-state index in [1.807, 2.05) is 0 Å². The van der Waals surface area contributed by atoms with Crippen molar-refractivity contribution >= 4 is 29.0 Å². The zero-order valence-electron chi connectivity index (χ0n) is 15.5. The largest absolute Gasteiger partial charge is 0.352 e. The number of fused-ring (bicyclic) bond motifs is 1. The monoisotopic (exact) mass is 440 g/mol. The van der Waals surface area contributed by atoms with E-state index in [0.717, 1.165) is 4.57 Å². The number of Topliss-reactive ketones (excluding diaryl/α,β-unsaturated/α-hetero) is 1. The van der Waals surface area contributed by atoms with E-state index in [9.17, 15) is 14.4 Å². The number of pyridine rings is 2. The van der Waals surface area contributed by atoms with E-state index in [0.29, 0.717) is 16.1 Å². The van der Waals surface area contributed by atoms with Crippen LogP contribution in [-0.4, -0.2) is 24.9 Å². The molecule has 150 valence electrons. The molecule has 0 fully saturated rings. The summed E-state index contributed by atoms with van der Waals surface area (Å²) in [5.74, 6) is -0.122. The molecule has 0 saturated heterocycles. The zero-order valence-corrected chi connectivity index (χ0v) is 17.0. The molecule has 1 aromatic carbocycles. The number of carbonyl (C=O) groups excluding carboxylic acids is 1. The minimum atomic E-state index is -0.696. The average Bonchev–Trinajstić information content (AvgIpc) is 2.74. The first-order valence-corrected chi connectivity index (χ1v) is 9.67. The van der Waals surface area contributed by atoms with Crippen molar-refractivity contribution in [1.82, 2.24) is 19.1 Å². The number of ketones is 1. The highest BCUT2D eigenvalue weighted by Crippen LogP contribution is 2.23. The number of carbonyl (C=O) groups is 1. The maximum absolute atomic E-state index is 12.9. The Labute approximate surface area is 180 Å². The van der Waals surface area contributed by atoms with Crippen molar-refractivity contribution in [2.45, 2.75) is 13.1 Å². The van der Waals surface area contributed by atoms with Crippen LogP contribution in [0.4, 0.5) is 0 Å². The molecule has 9 heteroatoms. The summed E-state index contributed by atoms with van der Waals surface area (Å²) in [6, 6.07) is 11.3. The van der Waals surface area contributed by atoms with Gasteiger partial charge in [-0.1, -0.05) is 29.3 Å². The predicted molar refractivity (Wildman–Crippen MR) is 114 cm³/mol. The Morgan fingerprint density at radius 2 is 1.87 bits per heavy atom. The number of nitrogens with zero attached hydrogens (tertiary/aromatic N) is 4. The van der Waals surface area contributed by atoms with E-state index >= 15 is 0 Å². The Morgan fingerprint density at radius 3 is 2.60 bits per heavy atom. The summed E-state index contributed by atoms with van der Waals surface area (Å²) in [5.41, 5.74) is 0.129. The van der Waals surface area contributed by atoms with Crippen LogP contribution >= 0.6 is 23.2 Å². The zero-order chi connectivity index (χ0) is 21.3. The van der Waals surface area contributed by atoms with Crippen LogP contribution in [-0.2, 0) is 13.1 Å². The fraction of sp³-hybridized carbons (Fsp3) is 0.0952. The maximum atomic E-state index is 12.9. The molecule has 3 heterocycles. The van der Waals surface area contributed by atoms with E-state index in [1.165, 1.54) is 16.7 Å². The van der Waals surface area contributed by atoms with Crippen LogP contribution in [0.2, 0.25) is 10.0 Å². The lowest BCUT2D eigenvalue weighted by Crippen LogP contribution is -2.38. The molecule has 1 aromatic heterocycles. The quantitative estimate of drug-likeness (QED) is 0.444. The Kier molecular flexibility index (Phi) is 5.48. The van der Waals surface area contributed by atoms with Crippen LogP contribution in [0.5, 0.6) is 0 Å². The maximum Gasteiger partial charge on any atom is 0.352 e. The average molecular weight is 441 g/mol. The first-order valence-electron chi connectivity index (χ1n) is 8.91. The number of rotatable bonds is 5. The smallest absolute Gasteiger partial charge is 0.324 e. The van der Waals surface area contributed by atoms with E-state index in [2.05, 4.69) is 9.97 Å². The van der Waals surface area contributed by atoms with Crippen LogP contribution in [0.25, 0.3) is 11.4 Å². The standard InChI is InChI=1S/C21H14Cl2N4O3/c22-16-6-5-14(9-17(16)23)18(28)12-26-8-2-4-15-19(26)25-21(30)27(20(15)29)11-13-3-1-7-24-10-13/h1-10H,11-12H2. The van der Waals surface area contributed by atoms with Crippen molar-refractivity contribution in [2.24, 2.45) is 0 Å². The molecular weight excluding hydrogens is 427 g/mol. The van der Waals surface area contributed by atoms with Crippen LogP contribution in [0.1, 0.15) is 15.9 Å². The van der Waals surface area contributed by atoms with Gasteiger partial charge in [0.15, 0.2) is 11.6 Å². The molecule has 0 N–H and O–H groups in total. The second-order valence-electron chi connectivity index (χ2n) is 6.57. The molecule has 0 unspecified atom stereocenters. The Hall–Kier alpha value is -3.29. The van der Waals surface area contributed by atoms with Gasteiger partial charge in [0.25, 0.3) is 5.56 Å². The van der Waals surface area contributed by atoms with Crippen LogP contribution in [0.15, 0.2) is 70.6 Å². The lowest BCUT2D eigenvalue weighted by atomic mass is 10.1. The van der Waals surface area contributed by atoms with Gasteiger partial charge in [0.1, 0.15) is 0 Å². The topological polar surface area (TPSA) is 86.9 Å². The van der Waals surface area contributed by atoms with Crippen molar-refractivity contribution in [2.75, 3.05) is 0 Å². The summed E-state index contributed by atoms with van der Waals surface area (Å²) in [6.07, 6.45) is 4.78. The molecule has 0 bridgehead atoms. The molecule has 0 spiro atoms. The molecule has 0 atom stereocenters. The molecule has 0 aliphatic carbocycles. The summed E-state index contributed by atoms with van der Waals surface area (Å²) >= 11 is 11.9. The molecule has 0 radical (unpaired) electrons. The molecule has 2 aliphatic heterocycles. The fourth-order valence-corrected chi connectivity index (χ4v) is 3.37. The third-order valence-corrected chi connectivity index (χ3v) is 5.31. The molecule has 4 rings (SSSR count). The highest BCUT2D eigenvalue weighted by Gasteiger charge is 2.19. The number of benzene rings is 1. The van der Waals surface area contributed by atoms with Gasteiger partial charge in [0.05, 0.1) is 28.7 Å². The number of aromatic nitrogens is 4. The lowest BCUT2D eigenvalue weighted by Gasteiger charge is -2.15. The molecule has 30 heavy (non-hydrogen) atoms. The van der Waals surface area contributed by atoms with Crippen LogP contribution < -0.4 is 11.2 Å². The minimum Gasteiger partial charge on any atom is -0.324 e. The first kappa shape index (κ1) is 20.0. The van der Waals surface area contributed by atoms with Crippen molar-refractivity contribution in [3.05, 3.63) is 103 Å². The van der Waals surface area contributed by atoms with E-state index in [-0.39, 0.29) is 35.3 Å².